The highest BCUT2D eigenvalue weighted by molar-refractivity contribution is 7.88. The molecule has 0 radical (unpaired) electrons. The molecular weight excluding hydrogens is 284 g/mol. The van der Waals surface area contributed by atoms with Crippen LogP contribution in [0, 0.1) is 0 Å². The molecule has 0 N–H and O–H groups in total. The molecule has 1 rings (SSSR count). The van der Waals surface area contributed by atoms with Gasteiger partial charge in [-0.2, -0.15) is 4.31 Å². The lowest BCUT2D eigenvalue weighted by molar-refractivity contribution is -0.144. The largest absolute Gasteiger partial charge is 0.466 e. The van der Waals surface area contributed by atoms with Gasteiger partial charge in [-0.05, 0) is 19.8 Å². The number of likely N-dealkylation sites (N-methyl/N-ethyl adjacent to an activating group) is 1. The normalized spacial score (nSPS) is 19.9. The van der Waals surface area contributed by atoms with Crippen LogP contribution in [0.5, 0.6) is 0 Å². The zero-order valence-corrected chi connectivity index (χ0v) is 13.0. The van der Waals surface area contributed by atoms with Gasteiger partial charge in [0.1, 0.15) is 6.04 Å². The zero-order valence-electron chi connectivity index (χ0n) is 12.2. The van der Waals surface area contributed by atoms with E-state index in [1.165, 1.54) is 9.21 Å². The number of rotatable bonds is 6. The van der Waals surface area contributed by atoms with Crippen molar-refractivity contribution in [2.24, 2.45) is 0 Å². The fraction of sp³-hybridized carbons (Fsp3) is 0.833. The number of amides is 1. The third-order valence-corrected chi connectivity index (χ3v) is 4.54. The monoisotopic (exact) mass is 306 g/mol. The van der Waals surface area contributed by atoms with Crippen LogP contribution in [0.3, 0.4) is 0 Å². The Bertz CT molecular complexity index is 462. The van der Waals surface area contributed by atoms with Crippen molar-refractivity contribution in [1.82, 2.24) is 9.21 Å². The summed E-state index contributed by atoms with van der Waals surface area (Å²) in [7, 11) is -1.81. The van der Waals surface area contributed by atoms with E-state index in [-0.39, 0.29) is 24.8 Å². The number of nitrogens with zero attached hydrogens (tertiary/aromatic N) is 2. The maximum atomic E-state index is 12.2. The topological polar surface area (TPSA) is 84.0 Å². The number of hydrogen-bond donors (Lipinski definition) is 0. The second-order valence-electron chi connectivity index (χ2n) is 4.85. The second kappa shape index (κ2) is 7.03. The summed E-state index contributed by atoms with van der Waals surface area (Å²) in [5.74, 6) is -0.629. The molecule has 1 amide bonds. The summed E-state index contributed by atoms with van der Waals surface area (Å²) in [4.78, 5) is 24.9. The van der Waals surface area contributed by atoms with E-state index in [4.69, 9.17) is 4.74 Å². The highest BCUT2D eigenvalue weighted by Gasteiger charge is 2.37. The molecular formula is C12H22N2O5S. The number of hydrogen-bond acceptors (Lipinski definition) is 5. The lowest BCUT2D eigenvalue weighted by Crippen LogP contribution is -2.46. The Morgan fingerprint density at radius 3 is 2.60 bits per heavy atom. The number of sulfonamides is 1. The first-order chi connectivity index (χ1) is 9.27. The van der Waals surface area contributed by atoms with Crippen molar-refractivity contribution >= 4 is 21.9 Å². The van der Waals surface area contributed by atoms with E-state index in [2.05, 4.69) is 0 Å². The van der Waals surface area contributed by atoms with Crippen LogP contribution in [-0.4, -0.2) is 68.5 Å². The Labute approximate surface area is 119 Å². The lowest BCUT2D eigenvalue weighted by Gasteiger charge is -2.26. The highest BCUT2D eigenvalue weighted by atomic mass is 32.2. The first-order valence-corrected chi connectivity index (χ1v) is 8.49. The summed E-state index contributed by atoms with van der Waals surface area (Å²) < 4.78 is 29.2. The number of esters is 1. The van der Waals surface area contributed by atoms with E-state index >= 15 is 0 Å². The Morgan fingerprint density at radius 1 is 1.40 bits per heavy atom. The molecule has 1 atom stereocenters. The minimum Gasteiger partial charge on any atom is -0.466 e. The maximum Gasteiger partial charge on any atom is 0.307 e. The van der Waals surface area contributed by atoms with E-state index in [0.717, 1.165) is 6.26 Å². The van der Waals surface area contributed by atoms with E-state index in [0.29, 0.717) is 26.0 Å². The van der Waals surface area contributed by atoms with E-state index < -0.39 is 16.1 Å². The molecule has 0 aromatic heterocycles. The van der Waals surface area contributed by atoms with E-state index in [1.807, 2.05) is 0 Å². The van der Waals surface area contributed by atoms with Gasteiger partial charge in [0.05, 0.1) is 19.3 Å². The van der Waals surface area contributed by atoms with Crippen molar-refractivity contribution in [3.05, 3.63) is 0 Å². The molecule has 1 heterocycles. The van der Waals surface area contributed by atoms with Crippen LogP contribution < -0.4 is 0 Å². The van der Waals surface area contributed by atoms with Gasteiger partial charge in [-0.25, -0.2) is 8.42 Å². The van der Waals surface area contributed by atoms with Crippen LogP contribution in [-0.2, 0) is 24.3 Å². The van der Waals surface area contributed by atoms with Crippen LogP contribution in [0.2, 0.25) is 0 Å². The predicted octanol–water partition coefficient (Wildman–Crippen LogP) is -0.178. The Kier molecular flexibility index (Phi) is 5.94. The first-order valence-electron chi connectivity index (χ1n) is 6.64. The SMILES string of the molecule is CCOC(=O)CCN(C)C(=O)C1CCCN1S(C)(=O)=O. The second-order valence-corrected chi connectivity index (χ2v) is 6.78. The first kappa shape index (κ1) is 16.9. The smallest absolute Gasteiger partial charge is 0.307 e. The molecule has 1 unspecified atom stereocenters. The quantitative estimate of drug-likeness (QED) is 0.636. The fourth-order valence-electron chi connectivity index (χ4n) is 2.24. The van der Waals surface area contributed by atoms with Crippen molar-refractivity contribution in [2.75, 3.05) is 33.0 Å². The molecule has 0 aliphatic carbocycles. The average molecular weight is 306 g/mol. The minimum absolute atomic E-state index is 0.113. The molecule has 0 saturated carbocycles. The van der Waals surface area contributed by atoms with Crippen LogP contribution in [0.15, 0.2) is 0 Å². The summed E-state index contributed by atoms with van der Waals surface area (Å²) in [6, 6.07) is -0.641. The van der Waals surface area contributed by atoms with E-state index in [1.54, 1.807) is 14.0 Å². The van der Waals surface area contributed by atoms with Gasteiger partial charge in [0.25, 0.3) is 0 Å². The van der Waals surface area contributed by atoms with E-state index in [9.17, 15) is 18.0 Å². The Balaban J connectivity index is 2.58. The molecule has 0 aromatic rings. The standard InChI is InChI=1S/C12H22N2O5S/c1-4-19-11(15)7-9-13(2)12(16)10-6-5-8-14(10)20(3,17)18/h10H,4-9H2,1-3H3. The summed E-state index contributed by atoms with van der Waals surface area (Å²) in [6.07, 6.45) is 2.42. The van der Waals surface area contributed by atoms with Crippen molar-refractivity contribution in [2.45, 2.75) is 32.2 Å². The van der Waals surface area contributed by atoms with Gasteiger partial charge >= 0.3 is 5.97 Å². The highest BCUT2D eigenvalue weighted by Crippen LogP contribution is 2.21. The predicted molar refractivity (Wildman–Crippen MR) is 73.5 cm³/mol. The zero-order chi connectivity index (χ0) is 15.3. The van der Waals surface area contributed by atoms with Crippen LogP contribution in [0.1, 0.15) is 26.2 Å². The molecule has 0 aromatic carbocycles. The van der Waals surface area contributed by atoms with Gasteiger partial charge in [-0.3, -0.25) is 9.59 Å². The summed E-state index contributed by atoms with van der Waals surface area (Å²) in [5.41, 5.74) is 0. The molecule has 116 valence electrons. The Hall–Kier alpha value is -1.15. The molecule has 0 spiro atoms. The van der Waals surface area contributed by atoms with Gasteiger partial charge in [-0.1, -0.05) is 0 Å². The fourth-order valence-corrected chi connectivity index (χ4v) is 3.36. The average Bonchev–Trinajstić information content (AvgIpc) is 2.84. The molecule has 1 aliphatic heterocycles. The van der Waals surface area contributed by atoms with Gasteiger partial charge < -0.3 is 9.64 Å². The third-order valence-electron chi connectivity index (χ3n) is 3.25. The van der Waals surface area contributed by atoms with Crippen LogP contribution >= 0.6 is 0 Å². The van der Waals surface area contributed by atoms with Gasteiger partial charge in [0.15, 0.2) is 0 Å². The summed E-state index contributed by atoms with van der Waals surface area (Å²) in [6.45, 7) is 2.63. The summed E-state index contributed by atoms with van der Waals surface area (Å²) >= 11 is 0. The summed E-state index contributed by atoms with van der Waals surface area (Å²) in [5, 5.41) is 0. The molecule has 7 nitrogen and oxygen atoms in total. The molecule has 20 heavy (non-hydrogen) atoms. The van der Waals surface area contributed by atoms with Gasteiger partial charge in [0, 0.05) is 20.1 Å². The van der Waals surface area contributed by atoms with Crippen molar-refractivity contribution in [3.8, 4) is 0 Å². The van der Waals surface area contributed by atoms with Crippen molar-refractivity contribution < 1.29 is 22.7 Å². The minimum atomic E-state index is -3.38. The van der Waals surface area contributed by atoms with Crippen LogP contribution in [0.4, 0.5) is 0 Å². The van der Waals surface area contributed by atoms with Gasteiger partial charge in [-0.15, -0.1) is 0 Å². The number of carbonyl (C=O) groups is 2. The van der Waals surface area contributed by atoms with Crippen LogP contribution in [0.25, 0.3) is 0 Å². The number of carbonyl (C=O) groups excluding carboxylic acids is 2. The lowest BCUT2D eigenvalue weighted by atomic mass is 10.2. The molecule has 1 fully saturated rings. The molecule has 0 bridgehead atoms. The Morgan fingerprint density at radius 2 is 2.05 bits per heavy atom. The van der Waals surface area contributed by atoms with Crippen molar-refractivity contribution in [3.63, 3.8) is 0 Å². The van der Waals surface area contributed by atoms with Crippen molar-refractivity contribution in [1.29, 1.82) is 0 Å². The van der Waals surface area contributed by atoms with Gasteiger partial charge in [0.2, 0.25) is 15.9 Å². The molecule has 8 heteroatoms. The third kappa shape index (κ3) is 4.45. The molecule has 1 aliphatic rings. The molecule has 1 saturated heterocycles. The number of ether oxygens (including phenoxy) is 1. The maximum absolute atomic E-state index is 12.2.